The standard InChI is InChI=1S/C25H23FN4O/c1-17-10-11-23(18(2)15-17)30-24(16-22(29-30)20-8-3-4-9-21(20)26)25(31)28-14-12-19-7-5-6-13-27-19/h3-11,13,15-16H,12,14H2,1-2H3,(H,28,31). The Morgan fingerprint density at radius 3 is 2.58 bits per heavy atom. The maximum Gasteiger partial charge on any atom is 0.270 e. The first-order valence-electron chi connectivity index (χ1n) is 10.1. The largest absolute Gasteiger partial charge is 0.350 e. The number of halogens is 1. The molecule has 0 atom stereocenters. The van der Waals surface area contributed by atoms with Crippen molar-refractivity contribution in [2.45, 2.75) is 20.3 Å². The summed E-state index contributed by atoms with van der Waals surface area (Å²) in [5.74, 6) is -0.652. The van der Waals surface area contributed by atoms with E-state index in [0.717, 1.165) is 22.5 Å². The number of carbonyl (C=O) groups excluding carboxylic acids is 1. The number of benzene rings is 2. The van der Waals surface area contributed by atoms with Gasteiger partial charge in [-0.05, 0) is 55.8 Å². The van der Waals surface area contributed by atoms with E-state index in [0.29, 0.717) is 29.9 Å². The maximum absolute atomic E-state index is 14.4. The molecule has 0 fully saturated rings. The molecule has 4 rings (SSSR count). The van der Waals surface area contributed by atoms with Gasteiger partial charge in [0.15, 0.2) is 0 Å². The number of hydrogen-bond donors (Lipinski definition) is 1. The molecule has 156 valence electrons. The fourth-order valence-electron chi connectivity index (χ4n) is 3.51. The molecule has 2 aromatic carbocycles. The molecule has 0 unspecified atom stereocenters. The molecule has 0 spiro atoms. The van der Waals surface area contributed by atoms with E-state index in [-0.39, 0.29) is 11.7 Å². The van der Waals surface area contributed by atoms with E-state index in [1.807, 2.05) is 50.2 Å². The van der Waals surface area contributed by atoms with Gasteiger partial charge in [-0.15, -0.1) is 0 Å². The molecular formula is C25H23FN4O. The van der Waals surface area contributed by atoms with Gasteiger partial charge >= 0.3 is 0 Å². The molecule has 0 aliphatic rings. The fraction of sp³-hybridized carbons (Fsp3) is 0.160. The molecule has 5 nitrogen and oxygen atoms in total. The van der Waals surface area contributed by atoms with Crippen LogP contribution in [0.1, 0.15) is 27.3 Å². The number of aryl methyl sites for hydroxylation is 2. The van der Waals surface area contributed by atoms with E-state index >= 15 is 0 Å². The summed E-state index contributed by atoms with van der Waals surface area (Å²) in [6.07, 6.45) is 2.34. The predicted octanol–water partition coefficient (Wildman–Crippen LogP) is 4.66. The number of amides is 1. The molecule has 2 aromatic heterocycles. The molecule has 0 saturated heterocycles. The number of nitrogens with one attached hydrogen (secondary N) is 1. The van der Waals surface area contributed by atoms with Gasteiger partial charge in [0.2, 0.25) is 0 Å². The van der Waals surface area contributed by atoms with Crippen LogP contribution in [-0.2, 0) is 6.42 Å². The van der Waals surface area contributed by atoms with Crippen molar-refractivity contribution < 1.29 is 9.18 Å². The number of aromatic nitrogens is 3. The lowest BCUT2D eigenvalue weighted by atomic mass is 10.1. The summed E-state index contributed by atoms with van der Waals surface area (Å²) >= 11 is 0. The van der Waals surface area contributed by atoms with Crippen molar-refractivity contribution >= 4 is 5.91 Å². The van der Waals surface area contributed by atoms with Crippen LogP contribution in [0, 0.1) is 19.7 Å². The average molecular weight is 414 g/mol. The summed E-state index contributed by atoms with van der Waals surface area (Å²) in [6.45, 7) is 4.41. The van der Waals surface area contributed by atoms with Gasteiger partial charge in [-0.3, -0.25) is 9.78 Å². The van der Waals surface area contributed by atoms with Gasteiger partial charge in [0.05, 0.1) is 11.4 Å². The zero-order chi connectivity index (χ0) is 21.8. The molecule has 2 heterocycles. The summed E-state index contributed by atoms with van der Waals surface area (Å²) in [6, 6.07) is 19.7. The van der Waals surface area contributed by atoms with Crippen molar-refractivity contribution in [2.24, 2.45) is 0 Å². The van der Waals surface area contributed by atoms with E-state index < -0.39 is 0 Å². The Hall–Kier alpha value is -3.80. The number of carbonyl (C=O) groups is 1. The van der Waals surface area contributed by atoms with Gasteiger partial charge in [0, 0.05) is 30.4 Å². The van der Waals surface area contributed by atoms with Crippen LogP contribution >= 0.6 is 0 Å². The average Bonchev–Trinajstić information content (AvgIpc) is 3.20. The highest BCUT2D eigenvalue weighted by molar-refractivity contribution is 5.94. The summed E-state index contributed by atoms with van der Waals surface area (Å²) < 4.78 is 16.0. The summed E-state index contributed by atoms with van der Waals surface area (Å²) in [7, 11) is 0. The number of pyridine rings is 1. The lowest BCUT2D eigenvalue weighted by molar-refractivity contribution is 0.0946. The van der Waals surface area contributed by atoms with Gasteiger partial charge < -0.3 is 5.32 Å². The summed E-state index contributed by atoms with van der Waals surface area (Å²) in [5, 5.41) is 7.53. The molecule has 0 radical (unpaired) electrons. The third kappa shape index (κ3) is 4.53. The van der Waals surface area contributed by atoms with E-state index in [2.05, 4.69) is 15.4 Å². The number of hydrogen-bond acceptors (Lipinski definition) is 3. The minimum atomic E-state index is -0.380. The second-order valence-corrected chi connectivity index (χ2v) is 7.42. The van der Waals surface area contributed by atoms with Crippen LogP contribution in [0.15, 0.2) is 72.9 Å². The molecule has 0 bridgehead atoms. The lowest BCUT2D eigenvalue weighted by Gasteiger charge is -2.11. The minimum Gasteiger partial charge on any atom is -0.350 e. The normalized spacial score (nSPS) is 10.8. The van der Waals surface area contributed by atoms with Crippen LogP contribution in [-0.4, -0.2) is 27.2 Å². The molecule has 0 aliphatic carbocycles. The fourth-order valence-corrected chi connectivity index (χ4v) is 3.51. The molecular weight excluding hydrogens is 391 g/mol. The van der Waals surface area contributed by atoms with Gasteiger partial charge in [-0.2, -0.15) is 5.10 Å². The van der Waals surface area contributed by atoms with Gasteiger partial charge in [0.1, 0.15) is 11.5 Å². The van der Waals surface area contributed by atoms with Gasteiger partial charge in [0.25, 0.3) is 5.91 Å². The molecule has 1 N–H and O–H groups in total. The SMILES string of the molecule is Cc1ccc(-n2nc(-c3ccccc3F)cc2C(=O)NCCc2ccccn2)c(C)c1. The van der Waals surface area contributed by atoms with Crippen LogP contribution in [0.25, 0.3) is 16.9 Å². The van der Waals surface area contributed by atoms with E-state index in [1.54, 1.807) is 35.1 Å². The lowest BCUT2D eigenvalue weighted by Crippen LogP contribution is -2.28. The van der Waals surface area contributed by atoms with Crippen molar-refractivity contribution in [3.05, 3.63) is 101 Å². The van der Waals surface area contributed by atoms with Gasteiger partial charge in [-0.25, -0.2) is 9.07 Å². The topological polar surface area (TPSA) is 59.8 Å². The van der Waals surface area contributed by atoms with Crippen LogP contribution in [0.4, 0.5) is 4.39 Å². The smallest absolute Gasteiger partial charge is 0.270 e. The molecule has 6 heteroatoms. The van der Waals surface area contributed by atoms with Crippen molar-refractivity contribution in [3.63, 3.8) is 0 Å². The van der Waals surface area contributed by atoms with E-state index in [1.165, 1.54) is 6.07 Å². The monoisotopic (exact) mass is 414 g/mol. The Balaban J connectivity index is 1.67. The van der Waals surface area contributed by atoms with Crippen LogP contribution < -0.4 is 5.32 Å². The van der Waals surface area contributed by atoms with Gasteiger partial charge in [-0.1, -0.05) is 35.9 Å². The highest BCUT2D eigenvalue weighted by atomic mass is 19.1. The van der Waals surface area contributed by atoms with Crippen LogP contribution in [0.3, 0.4) is 0 Å². The van der Waals surface area contributed by atoms with E-state index in [4.69, 9.17) is 0 Å². The van der Waals surface area contributed by atoms with E-state index in [9.17, 15) is 9.18 Å². The van der Waals surface area contributed by atoms with Crippen molar-refractivity contribution in [1.29, 1.82) is 0 Å². The number of nitrogens with zero attached hydrogens (tertiary/aromatic N) is 3. The third-order valence-corrected chi connectivity index (χ3v) is 5.07. The van der Waals surface area contributed by atoms with Crippen LogP contribution in [0.2, 0.25) is 0 Å². The number of rotatable bonds is 6. The molecule has 0 saturated carbocycles. The predicted molar refractivity (Wildman–Crippen MR) is 119 cm³/mol. The Labute approximate surface area is 180 Å². The summed E-state index contributed by atoms with van der Waals surface area (Å²) in [4.78, 5) is 17.3. The molecule has 1 amide bonds. The second kappa shape index (κ2) is 8.92. The van der Waals surface area contributed by atoms with Crippen LogP contribution in [0.5, 0.6) is 0 Å². The third-order valence-electron chi connectivity index (χ3n) is 5.07. The van der Waals surface area contributed by atoms with Crippen molar-refractivity contribution in [3.8, 4) is 16.9 Å². The zero-order valence-electron chi connectivity index (χ0n) is 17.5. The highest BCUT2D eigenvalue weighted by Crippen LogP contribution is 2.25. The first-order chi connectivity index (χ1) is 15.0. The minimum absolute atomic E-state index is 0.272. The Morgan fingerprint density at radius 2 is 1.84 bits per heavy atom. The quantitative estimate of drug-likeness (QED) is 0.499. The van der Waals surface area contributed by atoms with Crippen molar-refractivity contribution in [2.75, 3.05) is 6.54 Å². The first kappa shape index (κ1) is 20.5. The van der Waals surface area contributed by atoms with Crippen molar-refractivity contribution in [1.82, 2.24) is 20.1 Å². The Morgan fingerprint density at radius 1 is 1.03 bits per heavy atom. The first-order valence-corrected chi connectivity index (χ1v) is 10.1. The zero-order valence-corrected chi connectivity index (χ0v) is 17.5. The molecule has 31 heavy (non-hydrogen) atoms. The Bertz CT molecular complexity index is 1220. The Kier molecular flexibility index (Phi) is 5.89. The summed E-state index contributed by atoms with van der Waals surface area (Å²) in [5.41, 5.74) is 4.89. The second-order valence-electron chi connectivity index (χ2n) is 7.42. The highest BCUT2D eigenvalue weighted by Gasteiger charge is 2.20. The maximum atomic E-state index is 14.4. The molecule has 4 aromatic rings. The molecule has 0 aliphatic heterocycles.